The van der Waals surface area contributed by atoms with Crippen molar-refractivity contribution in [2.75, 3.05) is 19.8 Å². The lowest BCUT2D eigenvalue weighted by molar-refractivity contribution is 0.0857. The second-order valence-corrected chi connectivity index (χ2v) is 3.91. The molecule has 0 amide bonds. The maximum absolute atomic E-state index is 8.43. The molecule has 0 saturated heterocycles. The fourth-order valence-corrected chi connectivity index (χ4v) is 0.396. The minimum atomic E-state index is -2.10. The average Bonchev–Trinajstić information content (AvgIpc) is 2.05. The van der Waals surface area contributed by atoms with Gasteiger partial charge in [-0.25, -0.2) is 0 Å². The van der Waals surface area contributed by atoms with Crippen LogP contribution in [0.25, 0.3) is 0 Å². The number of hydrogen-bond donors (Lipinski definition) is 4. The van der Waals surface area contributed by atoms with E-state index in [1.54, 1.807) is 20.8 Å². The van der Waals surface area contributed by atoms with Gasteiger partial charge >= 0.3 is 8.60 Å². The van der Waals surface area contributed by atoms with E-state index >= 15 is 0 Å². The van der Waals surface area contributed by atoms with Gasteiger partial charge in [0.05, 0.1) is 19.8 Å². The van der Waals surface area contributed by atoms with E-state index in [2.05, 4.69) is 4.52 Å². The fourth-order valence-electron chi connectivity index (χ4n) is 0.165. The van der Waals surface area contributed by atoms with Crippen molar-refractivity contribution in [2.24, 2.45) is 5.41 Å². The van der Waals surface area contributed by atoms with Crippen molar-refractivity contribution in [1.82, 2.24) is 0 Å². The van der Waals surface area contributed by atoms with Crippen molar-refractivity contribution >= 4 is 8.60 Å². The van der Waals surface area contributed by atoms with Gasteiger partial charge in [0.2, 0.25) is 0 Å². The van der Waals surface area contributed by atoms with E-state index in [-0.39, 0.29) is 18.6 Å². The highest BCUT2D eigenvalue weighted by Crippen LogP contribution is 2.22. The molecule has 0 aromatic rings. The van der Waals surface area contributed by atoms with Gasteiger partial charge in [0.1, 0.15) is 0 Å². The second kappa shape index (κ2) is 8.81. The van der Waals surface area contributed by atoms with Crippen LogP contribution < -0.4 is 0 Å². The second-order valence-electron chi connectivity index (χ2n) is 3.15. The van der Waals surface area contributed by atoms with E-state index < -0.39 is 8.60 Å². The lowest BCUT2D eigenvalue weighted by Crippen LogP contribution is -2.20. The van der Waals surface area contributed by atoms with Crippen LogP contribution in [0, 0.1) is 5.41 Å². The first-order chi connectivity index (χ1) is 5.89. The molecule has 5 nitrogen and oxygen atoms in total. The molecule has 0 aromatic heterocycles. The molecule has 0 fully saturated rings. The van der Waals surface area contributed by atoms with E-state index in [1.165, 1.54) is 0 Å². The lowest BCUT2D eigenvalue weighted by atomic mass is 9.97. The van der Waals surface area contributed by atoms with Gasteiger partial charge in [0, 0.05) is 5.41 Å². The normalized spacial score (nSPS) is 11.1. The van der Waals surface area contributed by atoms with Crippen molar-refractivity contribution < 1.29 is 24.5 Å². The van der Waals surface area contributed by atoms with Crippen molar-refractivity contribution in [2.45, 2.75) is 20.8 Å². The van der Waals surface area contributed by atoms with E-state index in [0.29, 0.717) is 6.61 Å². The van der Waals surface area contributed by atoms with E-state index in [9.17, 15) is 0 Å². The summed E-state index contributed by atoms with van der Waals surface area (Å²) < 4.78 is 4.22. The summed E-state index contributed by atoms with van der Waals surface area (Å²) in [5.74, 6) is 0. The van der Waals surface area contributed by atoms with Crippen molar-refractivity contribution in [3.05, 3.63) is 0 Å². The highest BCUT2D eigenvalue weighted by atomic mass is 31.2. The Morgan fingerprint density at radius 3 is 1.54 bits per heavy atom. The summed E-state index contributed by atoms with van der Waals surface area (Å²) in [7, 11) is -2.10. The quantitative estimate of drug-likeness (QED) is 0.503. The first-order valence-corrected chi connectivity index (χ1v) is 5.08. The summed E-state index contributed by atoms with van der Waals surface area (Å²) >= 11 is 0. The van der Waals surface area contributed by atoms with Gasteiger partial charge in [-0.3, -0.25) is 0 Å². The Morgan fingerprint density at radius 1 is 1.15 bits per heavy atom. The van der Waals surface area contributed by atoms with Gasteiger partial charge in [0.25, 0.3) is 0 Å². The van der Waals surface area contributed by atoms with Gasteiger partial charge in [-0.2, -0.15) is 0 Å². The Bertz CT molecular complexity index is 101. The number of aliphatic hydroxyl groups is 2. The van der Waals surface area contributed by atoms with Gasteiger partial charge in [-0.15, -0.1) is 0 Å². The minimum Gasteiger partial charge on any atom is -0.396 e. The van der Waals surface area contributed by atoms with Crippen LogP contribution in [0.5, 0.6) is 0 Å². The molecule has 82 valence electrons. The monoisotopic (exact) mass is 214 g/mol. The van der Waals surface area contributed by atoms with Crippen LogP contribution in [-0.4, -0.2) is 39.8 Å². The largest absolute Gasteiger partial charge is 0.396 e. The van der Waals surface area contributed by atoms with E-state index in [1.807, 2.05) is 0 Å². The van der Waals surface area contributed by atoms with Crippen LogP contribution in [-0.2, 0) is 4.52 Å². The van der Waals surface area contributed by atoms with Gasteiger partial charge in [-0.05, 0) is 6.92 Å². The topological polar surface area (TPSA) is 90.2 Å². The molecule has 0 aliphatic rings. The number of aliphatic hydroxyl groups excluding tert-OH is 2. The maximum atomic E-state index is 8.43. The molecule has 4 N–H and O–H groups in total. The van der Waals surface area contributed by atoms with Crippen molar-refractivity contribution in [1.29, 1.82) is 0 Å². The Morgan fingerprint density at radius 2 is 1.54 bits per heavy atom. The van der Waals surface area contributed by atoms with Crippen LogP contribution >= 0.6 is 8.60 Å². The summed E-state index contributed by atoms with van der Waals surface area (Å²) in [5, 5.41) is 16.9. The van der Waals surface area contributed by atoms with Crippen LogP contribution in [0.15, 0.2) is 0 Å². The molecule has 0 atom stereocenters. The molecular weight excluding hydrogens is 195 g/mol. The lowest BCUT2D eigenvalue weighted by Gasteiger charge is -2.16. The van der Waals surface area contributed by atoms with Crippen molar-refractivity contribution in [3.63, 3.8) is 0 Å². The van der Waals surface area contributed by atoms with E-state index in [0.717, 1.165) is 0 Å². The molecule has 0 aromatic carbocycles. The smallest absolute Gasteiger partial charge is 0.327 e. The van der Waals surface area contributed by atoms with Gasteiger partial charge in [0.15, 0.2) is 0 Å². The average molecular weight is 214 g/mol. The third kappa shape index (κ3) is 15.0. The zero-order valence-electron chi connectivity index (χ0n) is 8.27. The fraction of sp³-hybridized carbons (Fsp3) is 1.00. The molecule has 0 aliphatic carbocycles. The van der Waals surface area contributed by atoms with Crippen LogP contribution in [0.4, 0.5) is 0 Å². The molecule has 0 bridgehead atoms. The molecule has 0 saturated carbocycles. The number of rotatable bonds is 4. The highest BCUT2D eigenvalue weighted by molar-refractivity contribution is 7.39. The van der Waals surface area contributed by atoms with Crippen LogP contribution in [0.3, 0.4) is 0 Å². The highest BCUT2D eigenvalue weighted by Gasteiger charge is 2.13. The third-order valence-corrected chi connectivity index (χ3v) is 1.59. The van der Waals surface area contributed by atoms with Gasteiger partial charge in [-0.1, -0.05) is 13.8 Å². The summed E-state index contributed by atoms with van der Waals surface area (Å²) in [6.07, 6.45) is 0. The Labute approximate surface area is 80.0 Å². The molecule has 13 heavy (non-hydrogen) atoms. The summed E-state index contributed by atoms with van der Waals surface area (Å²) in [5.41, 5.74) is -0.306. The standard InChI is InChI=1S/C5H12O2.C2H7O3P/c1-5(2,3-6)4-7;1-2-5-6(3)4/h6-7H,3-4H2,1-2H3;3-4H,2H2,1H3. The Kier molecular flexibility index (Phi) is 10.6. The van der Waals surface area contributed by atoms with Gasteiger partial charge < -0.3 is 24.5 Å². The SMILES string of the molecule is CC(C)(CO)CO.CCOP(O)O. The molecular formula is C7H19O5P. The summed E-state index contributed by atoms with van der Waals surface area (Å²) in [6.45, 7) is 5.74. The van der Waals surface area contributed by atoms with Crippen molar-refractivity contribution in [3.8, 4) is 0 Å². The molecule has 0 spiro atoms. The predicted octanol–water partition coefficient (Wildman–Crippen LogP) is 0.232. The predicted molar refractivity (Wildman–Crippen MR) is 50.9 cm³/mol. The first-order valence-electron chi connectivity index (χ1n) is 3.92. The molecule has 0 unspecified atom stereocenters. The van der Waals surface area contributed by atoms with Crippen LogP contribution in [0.1, 0.15) is 20.8 Å². The Balaban J connectivity index is 0. The third-order valence-electron chi connectivity index (χ3n) is 1.10. The zero-order valence-corrected chi connectivity index (χ0v) is 9.16. The minimum absolute atomic E-state index is 0.0451. The summed E-state index contributed by atoms with van der Waals surface area (Å²) in [6, 6.07) is 0. The molecule has 0 aliphatic heterocycles. The molecule has 0 rings (SSSR count). The molecule has 0 heterocycles. The number of hydrogen-bond acceptors (Lipinski definition) is 5. The summed E-state index contributed by atoms with van der Waals surface area (Å²) in [4.78, 5) is 15.9. The van der Waals surface area contributed by atoms with E-state index in [4.69, 9.17) is 20.0 Å². The first kappa shape index (κ1) is 15.7. The molecule has 0 radical (unpaired) electrons. The zero-order chi connectivity index (χ0) is 10.9. The maximum Gasteiger partial charge on any atom is 0.327 e. The van der Waals surface area contributed by atoms with Crippen LogP contribution in [0.2, 0.25) is 0 Å². The Hall–Kier alpha value is 0.230. The molecule has 6 heteroatoms.